The number of aromatic nitrogens is 4. The van der Waals surface area contributed by atoms with Gasteiger partial charge in [-0.05, 0) is 48.3 Å². The molecule has 2 aromatic heterocycles. The molecule has 0 aliphatic heterocycles. The topological polar surface area (TPSA) is 69.6 Å². The van der Waals surface area contributed by atoms with Crippen LogP contribution in [-0.4, -0.2) is 20.0 Å². The zero-order valence-electron chi connectivity index (χ0n) is 11.6. The molecule has 0 saturated carbocycles. The molecule has 0 aromatic carbocycles. The maximum absolute atomic E-state index is 6.31. The van der Waals surface area contributed by atoms with Crippen molar-refractivity contribution in [3.05, 3.63) is 38.9 Å². The molecule has 2 rings (SSSR count). The van der Waals surface area contributed by atoms with Crippen molar-refractivity contribution in [2.24, 2.45) is 12.8 Å². The molecule has 0 saturated heterocycles. The molecule has 0 aliphatic carbocycles. The standard InChI is InChI=1S/C13H18BrN5/c1-7-5-10(8(2)17-16-7)11(15)6-12-13(14)9(3)18-19(12)4/h5,11H,6,15H2,1-4H3. The molecule has 1 unspecified atom stereocenters. The molecule has 0 aliphatic rings. The fourth-order valence-electron chi connectivity index (χ4n) is 2.17. The lowest BCUT2D eigenvalue weighted by Crippen LogP contribution is -2.18. The van der Waals surface area contributed by atoms with Gasteiger partial charge in [-0.2, -0.15) is 15.3 Å². The number of rotatable bonds is 3. The smallest absolute Gasteiger partial charge is 0.0738 e. The van der Waals surface area contributed by atoms with Gasteiger partial charge in [0.1, 0.15) is 0 Å². The minimum Gasteiger partial charge on any atom is -0.324 e. The van der Waals surface area contributed by atoms with Crippen LogP contribution in [0.25, 0.3) is 0 Å². The van der Waals surface area contributed by atoms with Gasteiger partial charge in [-0.1, -0.05) is 0 Å². The minimum atomic E-state index is -0.111. The highest BCUT2D eigenvalue weighted by Crippen LogP contribution is 2.25. The van der Waals surface area contributed by atoms with Crippen molar-refractivity contribution < 1.29 is 0 Å². The van der Waals surface area contributed by atoms with Crippen molar-refractivity contribution in [3.8, 4) is 0 Å². The van der Waals surface area contributed by atoms with E-state index in [-0.39, 0.29) is 6.04 Å². The first-order chi connectivity index (χ1) is 8.90. The van der Waals surface area contributed by atoms with Crippen LogP contribution in [0.5, 0.6) is 0 Å². The number of hydrogen-bond acceptors (Lipinski definition) is 4. The number of aryl methyl sites for hydroxylation is 4. The normalized spacial score (nSPS) is 12.7. The minimum absolute atomic E-state index is 0.111. The molecule has 2 aromatic rings. The highest BCUT2D eigenvalue weighted by Gasteiger charge is 2.17. The molecule has 2 heterocycles. The third kappa shape index (κ3) is 2.84. The van der Waals surface area contributed by atoms with E-state index in [1.807, 2.05) is 38.6 Å². The molecule has 2 N–H and O–H groups in total. The molecule has 0 amide bonds. The van der Waals surface area contributed by atoms with Crippen molar-refractivity contribution in [2.45, 2.75) is 33.2 Å². The lowest BCUT2D eigenvalue weighted by Gasteiger charge is -2.14. The second kappa shape index (κ2) is 5.38. The molecule has 6 heteroatoms. The number of nitrogens with two attached hydrogens (primary N) is 1. The van der Waals surface area contributed by atoms with Crippen LogP contribution in [0.15, 0.2) is 10.5 Å². The Morgan fingerprint density at radius 2 is 1.95 bits per heavy atom. The van der Waals surface area contributed by atoms with Gasteiger partial charge in [0.25, 0.3) is 0 Å². The monoisotopic (exact) mass is 323 g/mol. The maximum Gasteiger partial charge on any atom is 0.0738 e. The summed E-state index contributed by atoms with van der Waals surface area (Å²) in [5.41, 5.74) is 11.2. The van der Waals surface area contributed by atoms with Crippen LogP contribution in [-0.2, 0) is 13.5 Å². The third-order valence-electron chi connectivity index (χ3n) is 3.21. The summed E-state index contributed by atoms with van der Waals surface area (Å²) in [6.45, 7) is 5.83. The summed E-state index contributed by atoms with van der Waals surface area (Å²) in [6.07, 6.45) is 0.712. The van der Waals surface area contributed by atoms with Crippen LogP contribution < -0.4 is 5.73 Å². The molecule has 0 spiro atoms. The Labute approximate surface area is 121 Å². The Bertz CT molecular complexity index is 605. The molecule has 0 bridgehead atoms. The van der Waals surface area contributed by atoms with E-state index in [0.717, 1.165) is 32.8 Å². The summed E-state index contributed by atoms with van der Waals surface area (Å²) in [5, 5.41) is 12.5. The first kappa shape index (κ1) is 14.1. The zero-order chi connectivity index (χ0) is 14.2. The van der Waals surface area contributed by atoms with Gasteiger partial charge in [-0.15, -0.1) is 0 Å². The lowest BCUT2D eigenvalue weighted by molar-refractivity contribution is 0.631. The van der Waals surface area contributed by atoms with Crippen molar-refractivity contribution in [1.82, 2.24) is 20.0 Å². The summed E-state index contributed by atoms with van der Waals surface area (Å²) < 4.78 is 2.90. The number of halogens is 1. The molecule has 5 nitrogen and oxygen atoms in total. The first-order valence-corrected chi connectivity index (χ1v) is 6.93. The maximum atomic E-state index is 6.31. The van der Waals surface area contributed by atoms with E-state index in [1.165, 1.54) is 0 Å². The van der Waals surface area contributed by atoms with Crippen LogP contribution in [0, 0.1) is 20.8 Å². The number of nitrogens with zero attached hydrogens (tertiary/aromatic N) is 4. The van der Waals surface area contributed by atoms with E-state index in [0.29, 0.717) is 6.42 Å². The Hall–Kier alpha value is -1.27. The molecular formula is C13H18BrN5. The van der Waals surface area contributed by atoms with Crippen LogP contribution in [0.1, 0.15) is 34.4 Å². The van der Waals surface area contributed by atoms with E-state index < -0.39 is 0 Å². The average molecular weight is 324 g/mol. The van der Waals surface area contributed by atoms with Gasteiger partial charge in [0.05, 0.1) is 27.2 Å². The largest absolute Gasteiger partial charge is 0.324 e. The van der Waals surface area contributed by atoms with Gasteiger partial charge in [0.15, 0.2) is 0 Å². The Balaban J connectivity index is 2.30. The van der Waals surface area contributed by atoms with E-state index in [2.05, 4.69) is 31.2 Å². The second-order valence-corrected chi connectivity index (χ2v) is 5.60. The van der Waals surface area contributed by atoms with Crippen LogP contribution >= 0.6 is 15.9 Å². The summed E-state index contributed by atoms with van der Waals surface area (Å²) in [4.78, 5) is 0. The molecule has 1 atom stereocenters. The number of hydrogen-bond donors (Lipinski definition) is 1. The van der Waals surface area contributed by atoms with E-state index in [1.54, 1.807) is 0 Å². The predicted octanol–water partition coefficient (Wildman–Crippen LogP) is 2.14. The molecule has 19 heavy (non-hydrogen) atoms. The lowest BCUT2D eigenvalue weighted by atomic mass is 10.0. The van der Waals surface area contributed by atoms with Gasteiger partial charge in [0, 0.05) is 19.5 Å². The van der Waals surface area contributed by atoms with Crippen LogP contribution in [0.4, 0.5) is 0 Å². The van der Waals surface area contributed by atoms with Crippen LogP contribution in [0.3, 0.4) is 0 Å². The summed E-state index contributed by atoms with van der Waals surface area (Å²) in [6, 6.07) is 1.89. The Kier molecular flexibility index (Phi) is 4.01. The van der Waals surface area contributed by atoms with Gasteiger partial charge in [0.2, 0.25) is 0 Å². The summed E-state index contributed by atoms with van der Waals surface area (Å²) in [5.74, 6) is 0. The third-order valence-corrected chi connectivity index (χ3v) is 4.25. The average Bonchev–Trinajstić information content (AvgIpc) is 2.59. The highest BCUT2D eigenvalue weighted by molar-refractivity contribution is 9.10. The van der Waals surface area contributed by atoms with Gasteiger partial charge < -0.3 is 5.73 Å². The summed E-state index contributed by atoms with van der Waals surface area (Å²) >= 11 is 3.57. The first-order valence-electron chi connectivity index (χ1n) is 6.14. The Morgan fingerprint density at radius 3 is 2.53 bits per heavy atom. The van der Waals surface area contributed by atoms with Crippen molar-refractivity contribution >= 4 is 15.9 Å². The van der Waals surface area contributed by atoms with Gasteiger partial charge >= 0.3 is 0 Å². The Morgan fingerprint density at radius 1 is 1.26 bits per heavy atom. The van der Waals surface area contributed by atoms with E-state index >= 15 is 0 Å². The van der Waals surface area contributed by atoms with Gasteiger partial charge in [-0.25, -0.2) is 0 Å². The van der Waals surface area contributed by atoms with E-state index in [9.17, 15) is 0 Å². The molecular weight excluding hydrogens is 306 g/mol. The summed E-state index contributed by atoms with van der Waals surface area (Å²) in [7, 11) is 1.93. The van der Waals surface area contributed by atoms with Crippen molar-refractivity contribution in [1.29, 1.82) is 0 Å². The highest BCUT2D eigenvalue weighted by atomic mass is 79.9. The second-order valence-electron chi connectivity index (χ2n) is 4.81. The molecule has 0 fully saturated rings. The fraction of sp³-hybridized carbons (Fsp3) is 0.462. The van der Waals surface area contributed by atoms with Crippen molar-refractivity contribution in [2.75, 3.05) is 0 Å². The SMILES string of the molecule is Cc1cc(C(N)Cc2c(Br)c(C)nn2C)c(C)nn1. The predicted molar refractivity (Wildman–Crippen MR) is 77.8 cm³/mol. The fourth-order valence-corrected chi connectivity index (χ4v) is 2.66. The zero-order valence-corrected chi connectivity index (χ0v) is 13.2. The van der Waals surface area contributed by atoms with E-state index in [4.69, 9.17) is 5.73 Å². The molecule has 102 valence electrons. The van der Waals surface area contributed by atoms with Crippen molar-refractivity contribution in [3.63, 3.8) is 0 Å². The quantitative estimate of drug-likeness (QED) is 0.939. The van der Waals surface area contributed by atoms with Gasteiger partial charge in [-0.3, -0.25) is 4.68 Å². The molecule has 0 radical (unpaired) electrons. The van der Waals surface area contributed by atoms with Crippen LogP contribution in [0.2, 0.25) is 0 Å².